The topological polar surface area (TPSA) is 81.9 Å². The van der Waals surface area contributed by atoms with Crippen molar-refractivity contribution >= 4 is 0 Å². The maximum absolute atomic E-state index is 8.72. The first kappa shape index (κ1) is 8.52. The molecule has 0 aromatic carbocycles. The van der Waals surface area contributed by atoms with Gasteiger partial charge in [0.2, 0.25) is 0 Å². The summed E-state index contributed by atoms with van der Waals surface area (Å²) in [6.07, 6.45) is 0. The van der Waals surface area contributed by atoms with Gasteiger partial charge in [0.25, 0.3) is 0 Å². The smallest absolute Gasteiger partial charge is 0.0853 e. The Labute approximate surface area is 69.3 Å². The van der Waals surface area contributed by atoms with Gasteiger partial charge in [-0.1, -0.05) is 11.2 Å². The Morgan fingerprint density at radius 2 is 2.25 bits per heavy atom. The molecule has 0 atom stereocenters. The molecule has 62 valence electrons. The SMILES string of the molecule is [N-]=[N+]=NCc1cccc(CO)n1. The van der Waals surface area contributed by atoms with E-state index in [1.807, 2.05) is 0 Å². The lowest BCUT2D eigenvalue weighted by Gasteiger charge is -1.97. The quantitative estimate of drug-likeness (QED) is 0.416. The van der Waals surface area contributed by atoms with Crippen LogP contribution < -0.4 is 0 Å². The number of aromatic nitrogens is 1. The van der Waals surface area contributed by atoms with Crippen molar-refractivity contribution in [2.45, 2.75) is 13.2 Å². The summed E-state index contributed by atoms with van der Waals surface area (Å²) in [5.74, 6) is 0. The summed E-state index contributed by atoms with van der Waals surface area (Å²) in [4.78, 5) is 6.62. The number of nitrogens with zero attached hydrogens (tertiary/aromatic N) is 4. The average Bonchev–Trinajstić information content (AvgIpc) is 2.15. The molecule has 0 amide bonds. The predicted molar refractivity (Wildman–Crippen MR) is 43.0 cm³/mol. The van der Waals surface area contributed by atoms with Crippen LogP contribution in [0, 0.1) is 0 Å². The minimum Gasteiger partial charge on any atom is -0.390 e. The molecule has 5 nitrogen and oxygen atoms in total. The second-order valence-electron chi connectivity index (χ2n) is 2.17. The summed E-state index contributed by atoms with van der Waals surface area (Å²) in [5, 5.41) is 12.1. The Morgan fingerprint density at radius 3 is 2.92 bits per heavy atom. The van der Waals surface area contributed by atoms with Gasteiger partial charge in [0, 0.05) is 10.6 Å². The second-order valence-corrected chi connectivity index (χ2v) is 2.17. The van der Waals surface area contributed by atoms with Crippen LogP contribution in [0.2, 0.25) is 0 Å². The number of hydrogen-bond acceptors (Lipinski definition) is 3. The number of aliphatic hydroxyl groups is 1. The Hall–Kier alpha value is -1.58. The summed E-state index contributed by atoms with van der Waals surface area (Å²) in [7, 11) is 0. The van der Waals surface area contributed by atoms with E-state index in [1.54, 1.807) is 18.2 Å². The molecule has 0 saturated heterocycles. The van der Waals surface area contributed by atoms with Crippen LogP contribution in [0.4, 0.5) is 0 Å². The summed E-state index contributed by atoms with van der Waals surface area (Å²) < 4.78 is 0. The van der Waals surface area contributed by atoms with Gasteiger partial charge >= 0.3 is 0 Å². The van der Waals surface area contributed by atoms with Crippen molar-refractivity contribution in [3.8, 4) is 0 Å². The Balaban J connectivity index is 2.78. The van der Waals surface area contributed by atoms with Crippen LogP contribution in [0.3, 0.4) is 0 Å². The largest absolute Gasteiger partial charge is 0.390 e. The van der Waals surface area contributed by atoms with E-state index in [1.165, 1.54) is 0 Å². The maximum Gasteiger partial charge on any atom is 0.0853 e. The molecular formula is C7H8N4O. The number of rotatable bonds is 3. The minimum absolute atomic E-state index is 0.0931. The Morgan fingerprint density at radius 1 is 1.50 bits per heavy atom. The molecule has 1 rings (SSSR count). The molecule has 1 aromatic heterocycles. The molecule has 0 radical (unpaired) electrons. The fourth-order valence-corrected chi connectivity index (χ4v) is 0.809. The van der Waals surface area contributed by atoms with Gasteiger partial charge in [-0.3, -0.25) is 4.98 Å². The van der Waals surface area contributed by atoms with E-state index in [-0.39, 0.29) is 13.2 Å². The van der Waals surface area contributed by atoms with Gasteiger partial charge in [-0.2, -0.15) is 0 Å². The molecule has 0 aliphatic carbocycles. The van der Waals surface area contributed by atoms with Crippen molar-refractivity contribution in [3.05, 3.63) is 40.0 Å². The zero-order valence-corrected chi connectivity index (χ0v) is 6.38. The summed E-state index contributed by atoms with van der Waals surface area (Å²) in [5.41, 5.74) is 9.29. The third-order valence-corrected chi connectivity index (χ3v) is 1.32. The highest BCUT2D eigenvalue weighted by molar-refractivity contribution is 5.10. The lowest BCUT2D eigenvalue weighted by atomic mass is 10.3. The fourth-order valence-electron chi connectivity index (χ4n) is 0.809. The Kier molecular flexibility index (Phi) is 3.07. The maximum atomic E-state index is 8.72. The van der Waals surface area contributed by atoms with Gasteiger partial charge in [-0.25, -0.2) is 0 Å². The monoisotopic (exact) mass is 164 g/mol. The molecule has 0 aliphatic heterocycles. The molecule has 0 bridgehead atoms. The summed E-state index contributed by atoms with van der Waals surface area (Å²) in [6.45, 7) is 0.133. The van der Waals surface area contributed by atoms with Crippen LogP contribution in [-0.2, 0) is 13.2 Å². The van der Waals surface area contributed by atoms with Crippen LogP contribution in [0.15, 0.2) is 23.3 Å². The van der Waals surface area contributed by atoms with Crippen LogP contribution in [0.1, 0.15) is 11.4 Å². The molecule has 0 spiro atoms. The summed E-state index contributed by atoms with van der Waals surface area (Å²) in [6, 6.07) is 5.22. The van der Waals surface area contributed by atoms with Gasteiger partial charge in [0.15, 0.2) is 0 Å². The molecule has 5 heteroatoms. The van der Waals surface area contributed by atoms with Crippen LogP contribution >= 0.6 is 0 Å². The van der Waals surface area contributed by atoms with Gasteiger partial charge in [0.1, 0.15) is 0 Å². The molecule has 0 saturated carbocycles. The lowest BCUT2D eigenvalue weighted by Crippen LogP contribution is -1.93. The first-order chi connectivity index (χ1) is 5.86. The third-order valence-electron chi connectivity index (χ3n) is 1.32. The predicted octanol–water partition coefficient (Wildman–Crippen LogP) is 1.38. The van der Waals surface area contributed by atoms with Gasteiger partial charge in [-0.15, -0.1) is 0 Å². The molecule has 0 unspecified atom stereocenters. The van der Waals surface area contributed by atoms with Gasteiger partial charge in [0.05, 0.1) is 18.8 Å². The second kappa shape index (κ2) is 4.33. The number of aliphatic hydroxyl groups excluding tert-OH is 1. The molecule has 0 fully saturated rings. The number of pyridine rings is 1. The van der Waals surface area contributed by atoms with E-state index in [9.17, 15) is 0 Å². The average molecular weight is 164 g/mol. The van der Waals surface area contributed by atoms with E-state index in [2.05, 4.69) is 15.0 Å². The third kappa shape index (κ3) is 2.23. The van der Waals surface area contributed by atoms with E-state index >= 15 is 0 Å². The van der Waals surface area contributed by atoms with Crippen LogP contribution in [0.25, 0.3) is 10.4 Å². The molecule has 1 aromatic rings. The highest BCUT2D eigenvalue weighted by Crippen LogP contribution is 2.00. The van der Waals surface area contributed by atoms with E-state index in [0.717, 1.165) is 0 Å². The molecule has 0 aliphatic rings. The van der Waals surface area contributed by atoms with Crippen molar-refractivity contribution in [1.29, 1.82) is 0 Å². The van der Waals surface area contributed by atoms with E-state index in [4.69, 9.17) is 10.6 Å². The van der Waals surface area contributed by atoms with Crippen LogP contribution in [0.5, 0.6) is 0 Å². The fraction of sp³-hybridized carbons (Fsp3) is 0.286. The highest BCUT2D eigenvalue weighted by atomic mass is 16.3. The highest BCUT2D eigenvalue weighted by Gasteiger charge is 1.93. The van der Waals surface area contributed by atoms with Crippen LogP contribution in [-0.4, -0.2) is 10.1 Å². The van der Waals surface area contributed by atoms with Crippen molar-refractivity contribution < 1.29 is 5.11 Å². The number of azide groups is 1. The van der Waals surface area contributed by atoms with Crippen molar-refractivity contribution in [1.82, 2.24) is 4.98 Å². The van der Waals surface area contributed by atoms with Crippen molar-refractivity contribution in [2.75, 3.05) is 0 Å². The first-order valence-electron chi connectivity index (χ1n) is 3.43. The van der Waals surface area contributed by atoms with Crippen molar-refractivity contribution in [2.24, 2.45) is 5.11 Å². The standard InChI is InChI=1S/C7H8N4O/c8-11-9-4-6-2-1-3-7(5-12)10-6/h1-3,12H,4-5H2. The molecular weight excluding hydrogens is 156 g/mol. The Bertz CT molecular complexity index is 306. The van der Waals surface area contributed by atoms with E-state index in [0.29, 0.717) is 11.4 Å². The molecule has 1 heterocycles. The van der Waals surface area contributed by atoms with E-state index < -0.39 is 0 Å². The van der Waals surface area contributed by atoms with Gasteiger partial charge in [-0.05, 0) is 17.7 Å². The molecule has 12 heavy (non-hydrogen) atoms. The first-order valence-corrected chi connectivity index (χ1v) is 3.43. The summed E-state index contributed by atoms with van der Waals surface area (Å²) >= 11 is 0. The minimum atomic E-state index is -0.0931. The normalized spacial score (nSPS) is 9.08. The molecule has 1 N–H and O–H groups in total. The zero-order chi connectivity index (χ0) is 8.81. The lowest BCUT2D eigenvalue weighted by molar-refractivity contribution is 0.276. The zero-order valence-electron chi connectivity index (χ0n) is 6.38. The van der Waals surface area contributed by atoms with Crippen molar-refractivity contribution in [3.63, 3.8) is 0 Å². The number of hydrogen-bond donors (Lipinski definition) is 1. The van der Waals surface area contributed by atoms with Gasteiger partial charge < -0.3 is 5.11 Å².